The van der Waals surface area contributed by atoms with Gasteiger partial charge in [-0.15, -0.1) is 0 Å². The van der Waals surface area contributed by atoms with Gasteiger partial charge in [0.1, 0.15) is 11.9 Å². The van der Waals surface area contributed by atoms with Gasteiger partial charge in [-0.2, -0.15) is 13.9 Å². The van der Waals surface area contributed by atoms with Crippen LogP contribution in [0, 0.1) is 5.95 Å². The molecular weight excluding hydrogens is 375 g/mol. The number of hydrogen-bond acceptors (Lipinski definition) is 7. The maximum absolute atomic E-state index is 13.2. The van der Waals surface area contributed by atoms with Gasteiger partial charge in [0.15, 0.2) is 0 Å². The molecule has 2 unspecified atom stereocenters. The Morgan fingerprint density at radius 1 is 1.37 bits per heavy atom. The summed E-state index contributed by atoms with van der Waals surface area (Å²) in [6.07, 6.45) is 5.03. The Labute approximate surface area is 156 Å². The number of halogens is 1. The Hall–Kier alpha value is -2.40. The summed E-state index contributed by atoms with van der Waals surface area (Å²) >= 11 is 0. The average molecular weight is 396 g/mol. The largest absolute Gasteiger partial charge is 0.372 e. The number of anilines is 1. The maximum Gasteiger partial charge on any atom is 0.283 e. The van der Waals surface area contributed by atoms with Crippen molar-refractivity contribution in [2.45, 2.75) is 37.4 Å². The van der Waals surface area contributed by atoms with Crippen molar-refractivity contribution < 1.29 is 18.1 Å². The minimum absolute atomic E-state index is 0.353. The van der Waals surface area contributed by atoms with Crippen molar-refractivity contribution in [3.8, 4) is 0 Å². The zero-order chi connectivity index (χ0) is 19.6. The molecule has 0 spiro atoms. The van der Waals surface area contributed by atoms with Gasteiger partial charge in [-0.05, 0) is 6.42 Å². The van der Waals surface area contributed by atoms with E-state index in [1.165, 1.54) is 25.8 Å². The molecule has 9 nitrogen and oxygen atoms in total. The molecule has 0 aromatic carbocycles. The van der Waals surface area contributed by atoms with Crippen LogP contribution in [0.5, 0.6) is 0 Å². The van der Waals surface area contributed by atoms with E-state index in [2.05, 4.69) is 19.4 Å². The van der Waals surface area contributed by atoms with E-state index in [4.69, 9.17) is 4.74 Å². The third-order valence-electron chi connectivity index (χ3n) is 4.37. The quantitative estimate of drug-likeness (QED) is 0.749. The molecule has 1 aliphatic rings. The number of hydrogen-bond donors (Lipinski definition) is 0. The number of aromatic nitrogens is 4. The van der Waals surface area contributed by atoms with Crippen molar-refractivity contribution in [2.24, 2.45) is 4.36 Å². The van der Waals surface area contributed by atoms with Crippen LogP contribution in [0.25, 0.3) is 0 Å². The zero-order valence-corrected chi connectivity index (χ0v) is 16.1. The van der Waals surface area contributed by atoms with Gasteiger partial charge in [0.05, 0.1) is 52.0 Å². The SMILES string of the molecule is CCC(OC)C(=O)N=S(C)(=O)c1cnn2c1CN(c1cnc(F)cn1)CC2. The van der Waals surface area contributed by atoms with Gasteiger partial charge in [-0.25, -0.2) is 14.2 Å². The third kappa shape index (κ3) is 3.98. The highest BCUT2D eigenvalue weighted by atomic mass is 32.2. The molecule has 1 amide bonds. The second kappa shape index (κ2) is 7.69. The van der Waals surface area contributed by atoms with Crippen LogP contribution in [0.4, 0.5) is 10.2 Å². The average Bonchev–Trinajstić information content (AvgIpc) is 3.07. The van der Waals surface area contributed by atoms with Crippen molar-refractivity contribution in [1.29, 1.82) is 0 Å². The monoisotopic (exact) mass is 396 g/mol. The number of methoxy groups -OCH3 is 1. The Morgan fingerprint density at radius 2 is 2.15 bits per heavy atom. The second-order valence-electron chi connectivity index (χ2n) is 6.16. The van der Waals surface area contributed by atoms with Gasteiger partial charge in [-0.1, -0.05) is 6.92 Å². The van der Waals surface area contributed by atoms with Crippen LogP contribution in [-0.2, 0) is 32.3 Å². The number of rotatable bonds is 5. The molecule has 1 aliphatic heterocycles. The molecule has 3 rings (SSSR count). The molecule has 2 aromatic heterocycles. The maximum atomic E-state index is 13.2. The molecule has 0 saturated carbocycles. The smallest absolute Gasteiger partial charge is 0.283 e. The van der Waals surface area contributed by atoms with E-state index in [0.717, 1.165) is 6.20 Å². The lowest BCUT2D eigenvalue weighted by Gasteiger charge is -2.29. The van der Waals surface area contributed by atoms with Crippen LogP contribution in [0.1, 0.15) is 19.0 Å². The Balaban J connectivity index is 1.92. The summed E-state index contributed by atoms with van der Waals surface area (Å²) in [5, 5.41) is 4.27. The molecule has 0 radical (unpaired) electrons. The molecule has 2 aromatic rings. The third-order valence-corrected chi connectivity index (χ3v) is 6.05. The lowest BCUT2D eigenvalue weighted by atomic mass is 10.3. The number of nitrogens with zero attached hydrogens (tertiary/aromatic N) is 6. The van der Waals surface area contributed by atoms with E-state index >= 15 is 0 Å². The van der Waals surface area contributed by atoms with Crippen molar-refractivity contribution in [1.82, 2.24) is 19.7 Å². The number of carbonyl (C=O) groups excluding carboxylic acids is 1. The molecule has 0 aliphatic carbocycles. The molecule has 11 heteroatoms. The summed E-state index contributed by atoms with van der Waals surface area (Å²) in [7, 11) is -1.58. The highest BCUT2D eigenvalue weighted by molar-refractivity contribution is 7.93. The van der Waals surface area contributed by atoms with E-state index in [-0.39, 0.29) is 0 Å². The van der Waals surface area contributed by atoms with Crippen molar-refractivity contribution >= 4 is 21.5 Å². The number of amides is 1. The van der Waals surface area contributed by atoms with Crippen LogP contribution in [0.3, 0.4) is 0 Å². The fourth-order valence-electron chi connectivity index (χ4n) is 2.92. The van der Waals surface area contributed by atoms with E-state index < -0.39 is 27.7 Å². The predicted molar refractivity (Wildman–Crippen MR) is 96.1 cm³/mol. The van der Waals surface area contributed by atoms with Gasteiger partial charge in [0, 0.05) is 19.9 Å². The lowest BCUT2D eigenvalue weighted by molar-refractivity contribution is -0.127. The first-order valence-corrected chi connectivity index (χ1v) is 10.3. The first-order valence-electron chi connectivity index (χ1n) is 8.41. The first-order chi connectivity index (χ1) is 12.9. The molecule has 2 atom stereocenters. The molecule has 0 N–H and O–H groups in total. The topological polar surface area (TPSA) is 103 Å². The highest BCUT2D eigenvalue weighted by Gasteiger charge is 2.26. The predicted octanol–water partition coefficient (Wildman–Crippen LogP) is 1.24. The van der Waals surface area contributed by atoms with Crippen molar-refractivity contribution in [2.75, 3.05) is 24.8 Å². The Kier molecular flexibility index (Phi) is 5.51. The fourth-order valence-corrected chi connectivity index (χ4v) is 4.33. The van der Waals surface area contributed by atoms with E-state index in [1.54, 1.807) is 11.6 Å². The van der Waals surface area contributed by atoms with Crippen LogP contribution in [0.2, 0.25) is 0 Å². The number of carbonyl (C=O) groups is 1. The van der Waals surface area contributed by atoms with Crippen molar-refractivity contribution in [3.63, 3.8) is 0 Å². The van der Waals surface area contributed by atoms with Crippen LogP contribution in [-0.4, -0.2) is 55.9 Å². The van der Waals surface area contributed by atoms with Gasteiger partial charge in [0.25, 0.3) is 5.91 Å². The molecular formula is C16H21FN6O3S. The fraction of sp³-hybridized carbons (Fsp3) is 0.500. The molecule has 0 saturated heterocycles. The standard InChI is InChI=1S/C16H21FN6O3S/c1-4-12(26-2)16(24)21-27(3,25)13-7-20-23-6-5-22(10-11(13)23)15-9-18-14(17)8-19-15/h7-9,12H,4-6,10H2,1-3H3. The summed E-state index contributed by atoms with van der Waals surface area (Å²) in [4.78, 5) is 22.2. The zero-order valence-electron chi connectivity index (χ0n) is 15.3. The molecule has 27 heavy (non-hydrogen) atoms. The van der Waals surface area contributed by atoms with Gasteiger partial charge < -0.3 is 9.64 Å². The minimum Gasteiger partial charge on any atom is -0.372 e. The Bertz CT molecular complexity index is 948. The van der Waals surface area contributed by atoms with Crippen LogP contribution >= 0.6 is 0 Å². The minimum atomic E-state index is -3.00. The van der Waals surface area contributed by atoms with Gasteiger partial charge in [-0.3, -0.25) is 9.48 Å². The summed E-state index contributed by atoms with van der Waals surface area (Å²) in [5.74, 6) is -0.695. The number of ether oxygens (including phenoxy) is 1. The summed E-state index contributed by atoms with van der Waals surface area (Å²) < 4.78 is 36.9. The molecule has 3 heterocycles. The van der Waals surface area contributed by atoms with E-state index in [0.29, 0.717) is 42.5 Å². The first kappa shape index (κ1) is 19.4. The van der Waals surface area contributed by atoms with Crippen molar-refractivity contribution in [3.05, 3.63) is 30.2 Å². The second-order valence-corrected chi connectivity index (χ2v) is 8.39. The summed E-state index contributed by atoms with van der Waals surface area (Å²) in [6.45, 7) is 3.28. The molecule has 146 valence electrons. The van der Waals surface area contributed by atoms with Gasteiger partial charge in [0.2, 0.25) is 5.95 Å². The Morgan fingerprint density at radius 3 is 2.78 bits per heavy atom. The van der Waals surface area contributed by atoms with E-state index in [1.807, 2.05) is 4.90 Å². The molecule has 0 bridgehead atoms. The number of fused-ring (bicyclic) bond motifs is 1. The normalized spacial score (nSPS) is 17.1. The van der Waals surface area contributed by atoms with E-state index in [9.17, 15) is 13.4 Å². The highest BCUT2D eigenvalue weighted by Crippen LogP contribution is 2.25. The lowest BCUT2D eigenvalue weighted by Crippen LogP contribution is -2.35. The summed E-state index contributed by atoms with van der Waals surface area (Å²) in [5.41, 5.74) is 0.682. The van der Waals surface area contributed by atoms with Crippen LogP contribution in [0.15, 0.2) is 27.8 Å². The van der Waals surface area contributed by atoms with Gasteiger partial charge >= 0.3 is 0 Å². The van der Waals surface area contributed by atoms with Crippen LogP contribution < -0.4 is 4.90 Å². The molecule has 0 fully saturated rings. The summed E-state index contributed by atoms with van der Waals surface area (Å²) in [6, 6.07) is 0.